The molecule has 3 rings (SSSR count). The number of methoxy groups -OCH3 is 1. The van der Waals surface area contributed by atoms with Crippen LogP contribution in [-0.4, -0.2) is 26.2 Å². The van der Waals surface area contributed by atoms with Crippen molar-refractivity contribution in [3.63, 3.8) is 0 Å². The predicted molar refractivity (Wildman–Crippen MR) is 71.1 cm³/mol. The highest BCUT2D eigenvalue weighted by Gasteiger charge is 2.41. The van der Waals surface area contributed by atoms with E-state index in [2.05, 4.69) is 29.4 Å². The second-order valence-corrected chi connectivity index (χ2v) is 5.23. The molecule has 17 heavy (non-hydrogen) atoms. The number of benzene rings is 1. The summed E-state index contributed by atoms with van der Waals surface area (Å²) in [7, 11) is 3.95. The Kier molecular flexibility index (Phi) is 2.42. The Bertz CT molecular complexity index is 424. The number of hydrogen-bond acceptors (Lipinski definition) is 3. The molecule has 1 aromatic rings. The number of rotatable bonds is 1. The van der Waals surface area contributed by atoms with Gasteiger partial charge in [-0.25, -0.2) is 0 Å². The van der Waals surface area contributed by atoms with Gasteiger partial charge >= 0.3 is 0 Å². The van der Waals surface area contributed by atoms with Crippen molar-refractivity contribution in [2.75, 3.05) is 30.9 Å². The molecule has 0 aromatic heterocycles. The lowest BCUT2D eigenvalue weighted by atomic mass is 9.92. The van der Waals surface area contributed by atoms with Gasteiger partial charge in [-0.15, -0.1) is 0 Å². The van der Waals surface area contributed by atoms with Crippen LogP contribution in [0.2, 0.25) is 0 Å². The zero-order valence-electron chi connectivity index (χ0n) is 10.6. The van der Waals surface area contributed by atoms with Crippen LogP contribution in [0.15, 0.2) is 18.2 Å². The molecular weight excluding hydrogens is 212 g/mol. The van der Waals surface area contributed by atoms with Crippen LogP contribution in [0.4, 0.5) is 11.4 Å². The third kappa shape index (κ3) is 1.56. The number of anilines is 2. The highest BCUT2D eigenvalue weighted by molar-refractivity contribution is 5.75. The van der Waals surface area contributed by atoms with E-state index in [0.29, 0.717) is 5.54 Å². The molecule has 0 amide bonds. The molecule has 3 nitrogen and oxygen atoms in total. The van der Waals surface area contributed by atoms with Gasteiger partial charge in [0, 0.05) is 19.7 Å². The SMILES string of the molecule is COc1ccc2c(c1)NCC1(CCCC1)N2C. The zero-order valence-corrected chi connectivity index (χ0v) is 10.6. The van der Waals surface area contributed by atoms with Gasteiger partial charge in [-0.1, -0.05) is 12.8 Å². The Morgan fingerprint density at radius 3 is 2.76 bits per heavy atom. The summed E-state index contributed by atoms with van der Waals surface area (Å²) in [6.45, 7) is 1.06. The standard InChI is InChI=1S/C14H20N2O/c1-16-13-6-5-11(17-2)9-12(13)15-10-14(16)7-3-4-8-14/h5-6,9,15H,3-4,7-8,10H2,1-2H3. The molecule has 1 aliphatic heterocycles. The summed E-state index contributed by atoms with van der Waals surface area (Å²) >= 11 is 0. The van der Waals surface area contributed by atoms with E-state index in [-0.39, 0.29) is 0 Å². The Morgan fingerprint density at radius 2 is 2.06 bits per heavy atom. The second kappa shape index (κ2) is 3.83. The Hall–Kier alpha value is -1.38. The summed E-state index contributed by atoms with van der Waals surface area (Å²) in [6, 6.07) is 6.30. The van der Waals surface area contributed by atoms with E-state index >= 15 is 0 Å². The number of nitrogens with zero attached hydrogens (tertiary/aromatic N) is 1. The van der Waals surface area contributed by atoms with Gasteiger partial charge in [0.15, 0.2) is 0 Å². The van der Waals surface area contributed by atoms with Gasteiger partial charge in [0.1, 0.15) is 5.75 Å². The first kappa shape index (κ1) is 10.8. The van der Waals surface area contributed by atoms with Gasteiger partial charge in [-0.05, 0) is 25.0 Å². The fourth-order valence-corrected chi connectivity index (χ4v) is 3.26. The summed E-state index contributed by atoms with van der Waals surface area (Å²) in [5.74, 6) is 0.923. The fourth-order valence-electron chi connectivity index (χ4n) is 3.26. The summed E-state index contributed by atoms with van der Waals surface area (Å²) in [5.41, 5.74) is 2.85. The summed E-state index contributed by atoms with van der Waals surface area (Å²) < 4.78 is 5.27. The van der Waals surface area contributed by atoms with E-state index in [0.717, 1.165) is 12.3 Å². The maximum Gasteiger partial charge on any atom is 0.121 e. The van der Waals surface area contributed by atoms with Crippen molar-refractivity contribution in [2.24, 2.45) is 0 Å². The normalized spacial score (nSPS) is 21.2. The van der Waals surface area contributed by atoms with Gasteiger partial charge in [0.2, 0.25) is 0 Å². The molecule has 92 valence electrons. The monoisotopic (exact) mass is 232 g/mol. The van der Waals surface area contributed by atoms with Crippen LogP contribution in [0.5, 0.6) is 5.75 Å². The van der Waals surface area contributed by atoms with Crippen LogP contribution in [0.25, 0.3) is 0 Å². The van der Waals surface area contributed by atoms with E-state index in [9.17, 15) is 0 Å². The molecule has 1 aliphatic carbocycles. The maximum atomic E-state index is 5.27. The van der Waals surface area contributed by atoms with Gasteiger partial charge < -0.3 is 15.0 Å². The minimum atomic E-state index is 0.349. The zero-order chi connectivity index (χ0) is 11.9. The average molecular weight is 232 g/mol. The minimum absolute atomic E-state index is 0.349. The van der Waals surface area contributed by atoms with Crippen molar-refractivity contribution < 1.29 is 4.74 Å². The third-order valence-corrected chi connectivity index (χ3v) is 4.42. The molecule has 0 bridgehead atoms. The minimum Gasteiger partial charge on any atom is -0.497 e. The quantitative estimate of drug-likeness (QED) is 0.805. The highest BCUT2D eigenvalue weighted by Crippen LogP contribution is 2.44. The van der Waals surface area contributed by atoms with Crippen molar-refractivity contribution >= 4 is 11.4 Å². The first-order valence-electron chi connectivity index (χ1n) is 6.41. The maximum absolute atomic E-state index is 5.27. The molecule has 1 saturated carbocycles. The topological polar surface area (TPSA) is 24.5 Å². The fraction of sp³-hybridized carbons (Fsp3) is 0.571. The van der Waals surface area contributed by atoms with Gasteiger partial charge in [0.05, 0.1) is 24.0 Å². The van der Waals surface area contributed by atoms with E-state index in [1.807, 2.05) is 6.07 Å². The first-order chi connectivity index (χ1) is 8.25. The number of ether oxygens (including phenoxy) is 1. The molecule has 1 heterocycles. The molecule has 1 aromatic carbocycles. The van der Waals surface area contributed by atoms with Crippen molar-refractivity contribution in [1.82, 2.24) is 0 Å². The van der Waals surface area contributed by atoms with Gasteiger partial charge in [-0.2, -0.15) is 0 Å². The van der Waals surface area contributed by atoms with Gasteiger partial charge in [0.25, 0.3) is 0 Å². The summed E-state index contributed by atoms with van der Waals surface area (Å²) in [6.07, 6.45) is 5.33. The van der Waals surface area contributed by atoms with Crippen molar-refractivity contribution in [3.8, 4) is 5.75 Å². The lowest BCUT2D eigenvalue weighted by Crippen LogP contribution is -2.52. The lowest BCUT2D eigenvalue weighted by molar-refractivity contribution is 0.411. The molecule has 0 saturated heterocycles. The van der Waals surface area contributed by atoms with Crippen LogP contribution >= 0.6 is 0 Å². The molecule has 1 fully saturated rings. The van der Waals surface area contributed by atoms with E-state index < -0.39 is 0 Å². The Morgan fingerprint density at radius 1 is 1.29 bits per heavy atom. The smallest absolute Gasteiger partial charge is 0.121 e. The largest absolute Gasteiger partial charge is 0.497 e. The number of likely N-dealkylation sites (N-methyl/N-ethyl adjacent to an activating group) is 1. The van der Waals surface area contributed by atoms with E-state index in [1.165, 1.54) is 37.1 Å². The number of nitrogens with one attached hydrogen (secondary N) is 1. The van der Waals surface area contributed by atoms with Crippen LogP contribution in [-0.2, 0) is 0 Å². The lowest BCUT2D eigenvalue weighted by Gasteiger charge is -2.45. The Balaban J connectivity index is 1.97. The number of hydrogen-bond donors (Lipinski definition) is 1. The molecule has 0 atom stereocenters. The van der Waals surface area contributed by atoms with E-state index in [4.69, 9.17) is 4.74 Å². The van der Waals surface area contributed by atoms with Crippen molar-refractivity contribution in [1.29, 1.82) is 0 Å². The van der Waals surface area contributed by atoms with Crippen LogP contribution in [0.3, 0.4) is 0 Å². The molecule has 0 radical (unpaired) electrons. The predicted octanol–water partition coefficient (Wildman–Crippen LogP) is 2.87. The summed E-state index contributed by atoms with van der Waals surface area (Å²) in [5, 5.41) is 3.58. The highest BCUT2D eigenvalue weighted by atomic mass is 16.5. The number of fused-ring (bicyclic) bond motifs is 1. The molecular formula is C14H20N2O. The molecule has 3 heteroatoms. The van der Waals surface area contributed by atoms with Gasteiger partial charge in [-0.3, -0.25) is 0 Å². The molecule has 2 aliphatic rings. The molecule has 1 spiro atoms. The third-order valence-electron chi connectivity index (χ3n) is 4.42. The van der Waals surface area contributed by atoms with Crippen LogP contribution in [0, 0.1) is 0 Å². The Labute approximate surface area is 103 Å². The van der Waals surface area contributed by atoms with Crippen molar-refractivity contribution in [2.45, 2.75) is 31.2 Å². The second-order valence-electron chi connectivity index (χ2n) is 5.23. The van der Waals surface area contributed by atoms with E-state index in [1.54, 1.807) is 7.11 Å². The molecule has 0 unspecified atom stereocenters. The average Bonchev–Trinajstić information content (AvgIpc) is 2.84. The van der Waals surface area contributed by atoms with Crippen LogP contribution in [0.1, 0.15) is 25.7 Å². The summed E-state index contributed by atoms with van der Waals surface area (Å²) in [4.78, 5) is 2.48. The van der Waals surface area contributed by atoms with Crippen molar-refractivity contribution in [3.05, 3.63) is 18.2 Å². The molecule has 1 N–H and O–H groups in total. The van der Waals surface area contributed by atoms with Crippen LogP contribution < -0.4 is 15.0 Å². The first-order valence-corrected chi connectivity index (χ1v) is 6.41.